The number of aromatic carboxylic acids is 1. The fourth-order valence-corrected chi connectivity index (χ4v) is 3.80. The Labute approximate surface area is 243 Å². The van der Waals surface area contributed by atoms with E-state index in [0.717, 1.165) is 0 Å². The van der Waals surface area contributed by atoms with E-state index in [-0.39, 0.29) is 32.5 Å². The average Bonchev–Trinajstić information content (AvgIpc) is 2.91. The molecule has 3 rings (SSSR count). The van der Waals surface area contributed by atoms with Crippen LogP contribution in [-0.2, 0) is 53.1 Å². The van der Waals surface area contributed by atoms with Crippen molar-refractivity contribution in [3.8, 4) is 0 Å². The first-order chi connectivity index (χ1) is 18.5. The summed E-state index contributed by atoms with van der Waals surface area (Å²) < 4.78 is 23.0. The van der Waals surface area contributed by atoms with Crippen LogP contribution in [0.3, 0.4) is 0 Å². The van der Waals surface area contributed by atoms with Gasteiger partial charge in [-0.3, -0.25) is 14.8 Å². The van der Waals surface area contributed by atoms with Gasteiger partial charge in [-0.2, -0.15) is 0 Å². The third-order valence-corrected chi connectivity index (χ3v) is 5.79. The second kappa shape index (κ2) is 18.9. The van der Waals surface area contributed by atoms with E-state index in [9.17, 15) is 14.7 Å². The number of carbonyl (C=O) groups is 2. The van der Waals surface area contributed by atoms with E-state index in [4.69, 9.17) is 24.7 Å². The number of carboxylic acid groups (broad SMARTS) is 1. The van der Waals surface area contributed by atoms with Crippen LogP contribution in [0.5, 0.6) is 0 Å². The maximum atomic E-state index is 11.3. The quantitative estimate of drug-likeness (QED) is 0.467. The molecule has 0 unspecified atom stereocenters. The maximum absolute atomic E-state index is 11.3. The van der Waals surface area contributed by atoms with Gasteiger partial charge in [0.1, 0.15) is 5.69 Å². The van der Waals surface area contributed by atoms with Gasteiger partial charge in [0.2, 0.25) is 0 Å². The standard InChI is InChI=1S/C26H37N5O7.W/c27-25(32)23-5-1-3-21(28-23)19-30-7-11-35-15-17-37-13-9-31(10-14-38-18-16-36-12-8-30)20-22-4-2-6-24(29-22)26(33)34;/h1-6H,7-20H2,(H3,27,32,33,34);/p-1. The zero-order valence-corrected chi connectivity index (χ0v) is 24.9. The minimum atomic E-state index is -1.05. The van der Waals surface area contributed by atoms with Gasteiger partial charge in [-0.05, 0) is 24.3 Å². The molecule has 214 valence electrons. The molecule has 0 bridgehead atoms. The Hall–Kier alpha value is -2.31. The Morgan fingerprint density at radius 3 is 1.46 bits per heavy atom. The molecule has 3 heterocycles. The van der Waals surface area contributed by atoms with E-state index in [1.807, 2.05) is 12.1 Å². The molecule has 1 aliphatic rings. The third kappa shape index (κ3) is 13.1. The van der Waals surface area contributed by atoms with Crippen LogP contribution in [0, 0.1) is 0 Å². The molecule has 39 heavy (non-hydrogen) atoms. The molecule has 1 saturated heterocycles. The normalized spacial score (nSPS) is 17.8. The van der Waals surface area contributed by atoms with Crippen molar-refractivity contribution in [1.29, 1.82) is 0 Å². The van der Waals surface area contributed by atoms with E-state index in [1.54, 1.807) is 12.1 Å². The fourth-order valence-electron chi connectivity index (χ4n) is 3.80. The number of ether oxygens (including phenoxy) is 4. The zero-order valence-electron chi connectivity index (χ0n) is 22.0. The molecule has 0 saturated carbocycles. The van der Waals surface area contributed by atoms with Gasteiger partial charge in [-0.25, -0.2) is 9.78 Å². The van der Waals surface area contributed by atoms with Gasteiger partial charge in [0.15, 0.2) is 0 Å². The Morgan fingerprint density at radius 1 is 0.692 bits per heavy atom. The van der Waals surface area contributed by atoms with Crippen molar-refractivity contribution in [2.75, 3.05) is 79.0 Å². The second-order valence-electron chi connectivity index (χ2n) is 8.66. The summed E-state index contributed by atoms with van der Waals surface area (Å²) in [4.78, 5) is 35.3. The van der Waals surface area contributed by atoms with Gasteiger partial charge in [0.05, 0.1) is 75.8 Å². The number of rotatable bonds is 6. The molecule has 1 aliphatic heterocycles. The van der Waals surface area contributed by atoms with Crippen molar-refractivity contribution in [3.63, 3.8) is 0 Å². The summed E-state index contributed by atoms with van der Waals surface area (Å²) in [5, 5.41) is 9.20. The number of carboxylic acids is 1. The van der Waals surface area contributed by atoms with Crippen LogP contribution in [0.25, 0.3) is 5.73 Å². The molecule has 1 fully saturated rings. The average molecular weight is 714 g/mol. The van der Waals surface area contributed by atoms with E-state index >= 15 is 0 Å². The van der Waals surface area contributed by atoms with Crippen LogP contribution in [0.2, 0.25) is 0 Å². The number of pyridine rings is 2. The molecular weight excluding hydrogens is 678 g/mol. The van der Waals surface area contributed by atoms with E-state index in [1.165, 1.54) is 12.1 Å². The Morgan fingerprint density at radius 2 is 1.08 bits per heavy atom. The van der Waals surface area contributed by atoms with Crippen LogP contribution in [0.1, 0.15) is 32.4 Å². The number of nitrogens with one attached hydrogen (secondary N) is 1. The van der Waals surface area contributed by atoms with Crippen LogP contribution in [0.15, 0.2) is 36.4 Å². The van der Waals surface area contributed by atoms with Crippen molar-refractivity contribution < 1.29 is 54.7 Å². The van der Waals surface area contributed by atoms with Gasteiger partial charge < -0.3 is 34.6 Å². The number of hydrogen-bond acceptors (Lipinski definition) is 10. The Kier molecular flexibility index (Phi) is 15.9. The largest absolute Gasteiger partial charge is 0.662 e. The summed E-state index contributed by atoms with van der Waals surface area (Å²) in [6.07, 6.45) is 0. The van der Waals surface area contributed by atoms with E-state index in [2.05, 4.69) is 19.8 Å². The molecule has 0 spiro atoms. The minimum absolute atomic E-state index is 0. The number of aromatic nitrogens is 2. The molecule has 0 aromatic carbocycles. The van der Waals surface area contributed by atoms with Gasteiger partial charge in [0, 0.05) is 60.3 Å². The molecule has 2 aromatic rings. The summed E-state index contributed by atoms with van der Waals surface area (Å²) >= 11 is 0. The first-order valence-corrected chi connectivity index (χ1v) is 12.7. The second-order valence-corrected chi connectivity index (χ2v) is 8.66. The molecule has 1 amide bonds. The topological polar surface area (TPSA) is 147 Å². The summed E-state index contributed by atoms with van der Waals surface area (Å²) in [5.41, 5.74) is 8.83. The smallest absolute Gasteiger partial charge is 0.354 e. The monoisotopic (exact) mass is 714 g/mol. The van der Waals surface area contributed by atoms with Gasteiger partial charge in [-0.1, -0.05) is 12.1 Å². The first kappa shape index (κ1) is 32.9. The third-order valence-electron chi connectivity index (χ3n) is 5.79. The SMILES string of the molecule is [NH-]C(=O)c1cccc(CN2CCOCCOCCN(Cc3cccc(C(=O)O)n3)CCOCCOCC2)n1.[W]. The Balaban J connectivity index is 0.00000533. The van der Waals surface area contributed by atoms with Crippen molar-refractivity contribution in [2.24, 2.45) is 0 Å². The molecule has 0 radical (unpaired) electrons. The predicted octanol–water partition coefficient (Wildman–Crippen LogP) is 1.75. The molecule has 2 N–H and O–H groups in total. The first-order valence-electron chi connectivity index (χ1n) is 12.7. The summed E-state index contributed by atoms with van der Waals surface area (Å²) in [6.45, 7) is 7.39. The molecular formula is C26H36N5O7W-. The maximum Gasteiger partial charge on any atom is 0.354 e. The van der Waals surface area contributed by atoms with Crippen molar-refractivity contribution in [1.82, 2.24) is 19.8 Å². The minimum Gasteiger partial charge on any atom is -0.662 e. The fraction of sp³-hybridized carbons (Fsp3) is 0.538. The number of amides is 1. The summed E-state index contributed by atoms with van der Waals surface area (Å²) in [5.74, 6) is -1.85. The molecule has 13 heteroatoms. The van der Waals surface area contributed by atoms with Crippen molar-refractivity contribution in [3.05, 3.63) is 64.9 Å². The number of nitrogens with zero attached hydrogens (tertiary/aromatic N) is 4. The van der Waals surface area contributed by atoms with E-state index < -0.39 is 11.9 Å². The van der Waals surface area contributed by atoms with Crippen molar-refractivity contribution >= 4 is 11.9 Å². The van der Waals surface area contributed by atoms with Crippen LogP contribution >= 0.6 is 0 Å². The Bertz CT molecular complexity index is 917. The van der Waals surface area contributed by atoms with Gasteiger partial charge in [0.25, 0.3) is 0 Å². The van der Waals surface area contributed by atoms with Crippen LogP contribution in [0.4, 0.5) is 0 Å². The van der Waals surface area contributed by atoms with Gasteiger partial charge in [-0.15, -0.1) is 0 Å². The summed E-state index contributed by atoms with van der Waals surface area (Å²) in [7, 11) is 0. The molecule has 12 nitrogen and oxygen atoms in total. The van der Waals surface area contributed by atoms with Gasteiger partial charge >= 0.3 is 5.97 Å². The van der Waals surface area contributed by atoms with Crippen LogP contribution < -0.4 is 0 Å². The molecule has 2 aromatic heterocycles. The zero-order chi connectivity index (χ0) is 27.0. The number of carbonyl (C=O) groups excluding carboxylic acids is 1. The molecule has 0 atom stereocenters. The van der Waals surface area contributed by atoms with E-state index in [0.29, 0.717) is 104 Å². The van der Waals surface area contributed by atoms with Crippen molar-refractivity contribution in [2.45, 2.75) is 13.1 Å². The predicted molar refractivity (Wildman–Crippen MR) is 138 cm³/mol. The summed E-state index contributed by atoms with van der Waals surface area (Å²) in [6, 6.07) is 10.1. The molecule has 0 aliphatic carbocycles. The van der Waals surface area contributed by atoms with Crippen LogP contribution in [-0.4, -0.2) is 116 Å². The number of hydrogen-bond donors (Lipinski definition) is 1.